The van der Waals surface area contributed by atoms with E-state index in [1.807, 2.05) is 52.0 Å². The molecule has 2 atom stereocenters. The zero-order valence-electron chi connectivity index (χ0n) is 15.0. The van der Waals surface area contributed by atoms with Gasteiger partial charge in [-0.25, -0.2) is 4.79 Å². The van der Waals surface area contributed by atoms with Crippen LogP contribution in [0.1, 0.15) is 57.6 Å². The molecule has 2 rings (SSSR count). The first-order valence-electron chi connectivity index (χ1n) is 8.47. The molecule has 1 aromatic rings. The fourth-order valence-corrected chi connectivity index (χ4v) is 2.87. The van der Waals surface area contributed by atoms with Crippen molar-refractivity contribution in [2.24, 2.45) is 0 Å². The van der Waals surface area contributed by atoms with Gasteiger partial charge in [0.1, 0.15) is 11.2 Å². The minimum absolute atomic E-state index is 0.120. The number of ether oxygens (including phenoxy) is 1. The van der Waals surface area contributed by atoms with Gasteiger partial charge in [-0.2, -0.15) is 0 Å². The predicted octanol–water partition coefficient (Wildman–Crippen LogP) is 3.54. The smallest absolute Gasteiger partial charge is 0.407 e. The van der Waals surface area contributed by atoms with E-state index >= 15 is 0 Å². The normalized spacial score (nSPS) is 23.8. The molecule has 0 bridgehead atoms. The number of alkyl carbamates (subject to hydrolysis) is 1. The molecule has 24 heavy (non-hydrogen) atoms. The number of rotatable bonds is 1. The predicted molar refractivity (Wildman–Crippen MR) is 94.6 cm³/mol. The second kappa shape index (κ2) is 7.27. The molecule has 0 spiro atoms. The number of carbonyl (C=O) groups is 1. The largest absolute Gasteiger partial charge is 0.444 e. The minimum Gasteiger partial charge on any atom is -0.444 e. The lowest BCUT2D eigenvalue weighted by molar-refractivity contribution is 0.0307. The molecule has 130 valence electrons. The highest BCUT2D eigenvalue weighted by Gasteiger charge is 2.34. The molecule has 2 N–H and O–H groups in total. The van der Waals surface area contributed by atoms with Crippen LogP contribution < -0.4 is 5.32 Å². The Hall–Kier alpha value is -1.99. The summed E-state index contributed by atoms with van der Waals surface area (Å²) in [4.78, 5) is 11.9. The molecule has 0 aromatic heterocycles. The van der Waals surface area contributed by atoms with Gasteiger partial charge in [-0.3, -0.25) is 0 Å². The number of hydrogen-bond donors (Lipinski definition) is 2. The van der Waals surface area contributed by atoms with E-state index in [9.17, 15) is 9.90 Å². The van der Waals surface area contributed by atoms with Crippen LogP contribution in [0, 0.1) is 18.8 Å². The molecule has 1 fully saturated rings. The lowest BCUT2D eigenvalue weighted by Crippen LogP contribution is -2.46. The Balaban J connectivity index is 2.00. The Morgan fingerprint density at radius 2 is 2.17 bits per heavy atom. The molecule has 0 aliphatic heterocycles. The van der Waals surface area contributed by atoms with Crippen molar-refractivity contribution in [3.63, 3.8) is 0 Å². The maximum atomic E-state index is 11.9. The summed E-state index contributed by atoms with van der Waals surface area (Å²) in [6.45, 7) is 7.51. The zero-order valence-corrected chi connectivity index (χ0v) is 15.0. The second-order valence-corrected chi connectivity index (χ2v) is 7.59. The Labute approximate surface area is 144 Å². The van der Waals surface area contributed by atoms with Crippen LogP contribution in [0.25, 0.3) is 0 Å². The maximum Gasteiger partial charge on any atom is 0.407 e. The van der Waals surface area contributed by atoms with Crippen LogP contribution in [0.4, 0.5) is 4.79 Å². The van der Waals surface area contributed by atoms with Gasteiger partial charge in [-0.15, -0.1) is 0 Å². The summed E-state index contributed by atoms with van der Waals surface area (Å²) < 4.78 is 5.28. The summed E-state index contributed by atoms with van der Waals surface area (Å²) in [6, 6.07) is 7.78. The van der Waals surface area contributed by atoms with Gasteiger partial charge >= 0.3 is 6.09 Å². The molecule has 1 aliphatic rings. The third-order valence-corrected chi connectivity index (χ3v) is 3.91. The zero-order chi connectivity index (χ0) is 17.8. The van der Waals surface area contributed by atoms with E-state index in [0.717, 1.165) is 24.0 Å². The second-order valence-electron chi connectivity index (χ2n) is 7.59. The van der Waals surface area contributed by atoms with E-state index in [1.54, 1.807) is 0 Å². The van der Waals surface area contributed by atoms with Crippen molar-refractivity contribution in [3.8, 4) is 11.8 Å². The number of hydrogen-bond acceptors (Lipinski definition) is 3. The van der Waals surface area contributed by atoms with Crippen LogP contribution >= 0.6 is 0 Å². The van der Waals surface area contributed by atoms with Gasteiger partial charge in [0.25, 0.3) is 0 Å². The van der Waals surface area contributed by atoms with Crippen molar-refractivity contribution in [1.82, 2.24) is 5.32 Å². The number of amides is 1. The average Bonchev–Trinajstić information content (AvgIpc) is 2.43. The van der Waals surface area contributed by atoms with Crippen LogP contribution in [0.5, 0.6) is 0 Å². The Bertz CT molecular complexity index is 651. The molecule has 0 heterocycles. The van der Waals surface area contributed by atoms with Crippen molar-refractivity contribution >= 4 is 6.09 Å². The summed E-state index contributed by atoms with van der Waals surface area (Å²) in [5, 5.41) is 13.6. The molecule has 1 aliphatic carbocycles. The molecule has 1 saturated carbocycles. The number of nitrogens with one attached hydrogen (secondary N) is 1. The summed E-state index contributed by atoms with van der Waals surface area (Å²) in [7, 11) is 0. The summed E-state index contributed by atoms with van der Waals surface area (Å²) in [5.74, 6) is 6.07. The monoisotopic (exact) mass is 329 g/mol. The maximum absolute atomic E-state index is 11.9. The fourth-order valence-electron chi connectivity index (χ4n) is 2.87. The van der Waals surface area contributed by atoms with Gasteiger partial charge in [-0.1, -0.05) is 24.0 Å². The van der Waals surface area contributed by atoms with Crippen LogP contribution in [0.3, 0.4) is 0 Å². The molecule has 4 nitrogen and oxygen atoms in total. The molecule has 2 unspecified atom stereocenters. The number of aryl methyl sites for hydroxylation is 1. The Morgan fingerprint density at radius 1 is 1.42 bits per heavy atom. The van der Waals surface area contributed by atoms with E-state index in [2.05, 4.69) is 17.2 Å². The van der Waals surface area contributed by atoms with Crippen molar-refractivity contribution < 1.29 is 14.6 Å². The van der Waals surface area contributed by atoms with Gasteiger partial charge < -0.3 is 15.2 Å². The third kappa shape index (κ3) is 5.90. The van der Waals surface area contributed by atoms with Gasteiger partial charge in [-0.05, 0) is 64.7 Å². The van der Waals surface area contributed by atoms with Crippen LogP contribution in [0.2, 0.25) is 0 Å². The fraction of sp³-hybridized carbons (Fsp3) is 0.550. The van der Waals surface area contributed by atoms with Crippen LogP contribution in [-0.4, -0.2) is 28.4 Å². The molecule has 1 amide bonds. The summed E-state index contributed by atoms with van der Waals surface area (Å²) >= 11 is 0. The van der Waals surface area contributed by atoms with Gasteiger partial charge in [0.2, 0.25) is 0 Å². The van der Waals surface area contributed by atoms with Gasteiger partial charge in [0, 0.05) is 18.0 Å². The van der Waals surface area contributed by atoms with Crippen molar-refractivity contribution in [2.45, 2.75) is 70.6 Å². The van der Waals surface area contributed by atoms with Crippen molar-refractivity contribution in [2.75, 3.05) is 0 Å². The minimum atomic E-state index is -1.07. The van der Waals surface area contributed by atoms with Crippen LogP contribution in [-0.2, 0) is 4.74 Å². The van der Waals surface area contributed by atoms with E-state index in [-0.39, 0.29) is 6.04 Å². The highest BCUT2D eigenvalue weighted by atomic mass is 16.6. The molecule has 0 saturated heterocycles. The van der Waals surface area contributed by atoms with E-state index in [0.29, 0.717) is 12.8 Å². The summed E-state index contributed by atoms with van der Waals surface area (Å²) in [6.07, 6.45) is 2.25. The van der Waals surface area contributed by atoms with Crippen molar-refractivity contribution in [1.29, 1.82) is 0 Å². The Morgan fingerprint density at radius 3 is 2.83 bits per heavy atom. The number of benzene rings is 1. The first kappa shape index (κ1) is 18.4. The first-order chi connectivity index (χ1) is 11.2. The van der Waals surface area contributed by atoms with E-state index < -0.39 is 17.3 Å². The topological polar surface area (TPSA) is 58.6 Å². The third-order valence-electron chi connectivity index (χ3n) is 3.91. The highest BCUT2D eigenvalue weighted by molar-refractivity contribution is 5.68. The summed E-state index contributed by atoms with van der Waals surface area (Å²) in [5.41, 5.74) is 0.439. The number of aliphatic hydroxyl groups is 1. The van der Waals surface area contributed by atoms with Crippen molar-refractivity contribution in [3.05, 3.63) is 35.4 Å². The molecule has 1 aromatic carbocycles. The average molecular weight is 329 g/mol. The van der Waals surface area contributed by atoms with Gasteiger partial charge in [0.05, 0.1) is 0 Å². The van der Waals surface area contributed by atoms with E-state index in [1.165, 1.54) is 0 Å². The standard InChI is InChI=1S/C20H27NO3/c1-15-7-5-8-16(13-15)10-12-20(23)11-6-9-17(14-20)21-18(22)24-19(2,3)4/h5,7-8,13,17,23H,6,9,11,14H2,1-4H3,(H,21,22). The molecular weight excluding hydrogens is 302 g/mol. The SMILES string of the molecule is Cc1cccc(C#CC2(O)CCCC(NC(=O)OC(C)(C)C)C2)c1. The molecular formula is C20H27NO3. The van der Waals surface area contributed by atoms with Gasteiger partial charge in [0.15, 0.2) is 0 Å². The number of carbonyl (C=O) groups excluding carboxylic acids is 1. The molecule has 4 heteroatoms. The first-order valence-corrected chi connectivity index (χ1v) is 8.47. The van der Waals surface area contributed by atoms with Crippen LogP contribution in [0.15, 0.2) is 24.3 Å². The highest BCUT2D eigenvalue weighted by Crippen LogP contribution is 2.28. The lowest BCUT2D eigenvalue weighted by atomic mass is 9.82. The van der Waals surface area contributed by atoms with E-state index in [4.69, 9.17) is 4.74 Å². The lowest BCUT2D eigenvalue weighted by Gasteiger charge is -2.33. The molecule has 0 radical (unpaired) electrons. The quantitative estimate of drug-likeness (QED) is 0.775. The Kier molecular flexibility index (Phi) is 5.56.